The number of ether oxygens (including phenoxy) is 7. The van der Waals surface area contributed by atoms with E-state index < -0.39 is 72.3 Å². The molecule has 14 nitrogen and oxygen atoms in total. The van der Waals surface area contributed by atoms with Crippen molar-refractivity contribution < 1.29 is 57.1 Å². The molecule has 1 amide bonds. The fraction of sp³-hybridized carbons (Fsp3) is 0.824. The molecular formula is C34H58N2O12S. The highest BCUT2D eigenvalue weighted by Gasteiger charge is 2.52. The van der Waals surface area contributed by atoms with Gasteiger partial charge in [-0.05, 0) is 39.4 Å². The third-order valence-corrected chi connectivity index (χ3v) is 7.53. The van der Waals surface area contributed by atoms with Crippen molar-refractivity contribution in [2.45, 2.75) is 168 Å². The number of thiocarbonyl (C=S) groups is 1. The SMILES string of the molecule is CCCCCCCCCCCC[C@H](COC(=S)N[C@@H]1O[C@H](COC(C)=O)[C@@H](OC(C)=O)[C@H](OC(C)=O)[C@H]1OC(C)=O)NC(=O)OC(C)(C)C. The molecule has 0 radical (unpaired) electrons. The van der Waals surface area contributed by atoms with E-state index in [0.717, 1.165) is 46.5 Å². The Morgan fingerprint density at radius 2 is 1.22 bits per heavy atom. The van der Waals surface area contributed by atoms with Crippen LogP contribution in [0.5, 0.6) is 0 Å². The van der Waals surface area contributed by atoms with Gasteiger partial charge in [-0.25, -0.2) is 4.79 Å². The van der Waals surface area contributed by atoms with E-state index in [4.69, 9.17) is 45.4 Å². The van der Waals surface area contributed by atoms with Crippen LogP contribution in [0.3, 0.4) is 0 Å². The van der Waals surface area contributed by atoms with E-state index in [1.807, 2.05) is 0 Å². The van der Waals surface area contributed by atoms with E-state index in [1.165, 1.54) is 45.4 Å². The van der Waals surface area contributed by atoms with Crippen LogP contribution in [-0.2, 0) is 52.3 Å². The Bertz CT molecular complexity index is 1070. The van der Waals surface area contributed by atoms with Crippen LogP contribution < -0.4 is 10.6 Å². The second-order valence-corrected chi connectivity index (χ2v) is 13.5. The minimum Gasteiger partial charge on any atom is -0.469 e. The molecule has 0 aliphatic carbocycles. The summed E-state index contributed by atoms with van der Waals surface area (Å²) in [5.41, 5.74) is -0.696. The number of rotatable bonds is 20. The summed E-state index contributed by atoms with van der Waals surface area (Å²) < 4.78 is 38.7. The van der Waals surface area contributed by atoms with Crippen LogP contribution >= 0.6 is 12.2 Å². The predicted molar refractivity (Wildman–Crippen MR) is 183 cm³/mol. The molecule has 0 aromatic rings. The van der Waals surface area contributed by atoms with Gasteiger partial charge in [0.05, 0.1) is 6.04 Å². The monoisotopic (exact) mass is 718 g/mol. The average Bonchev–Trinajstić information content (AvgIpc) is 2.97. The molecule has 49 heavy (non-hydrogen) atoms. The van der Waals surface area contributed by atoms with Gasteiger partial charge in [-0.2, -0.15) is 0 Å². The Morgan fingerprint density at radius 1 is 0.714 bits per heavy atom. The summed E-state index contributed by atoms with van der Waals surface area (Å²) in [6.45, 7) is 11.7. The van der Waals surface area contributed by atoms with Gasteiger partial charge in [0, 0.05) is 27.7 Å². The molecule has 1 rings (SSSR count). The summed E-state index contributed by atoms with van der Waals surface area (Å²) in [4.78, 5) is 60.4. The van der Waals surface area contributed by atoms with Gasteiger partial charge in [-0.3, -0.25) is 19.2 Å². The maximum atomic E-state index is 12.6. The number of alkyl carbamates (subject to hydrolysis) is 1. The first-order valence-electron chi connectivity index (χ1n) is 17.3. The van der Waals surface area contributed by atoms with Crippen molar-refractivity contribution >= 4 is 47.4 Å². The second-order valence-electron chi connectivity index (χ2n) is 13.2. The molecule has 1 aliphatic heterocycles. The van der Waals surface area contributed by atoms with Crippen LogP contribution in [0.1, 0.15) is 126 Å². The van der Waals surface area contributed by atoms with Crippen molar-refractivity contribution in [3.63, 3.8) is 0 Å². The molecule has 282 valence electrons. The van der Waals surface area contributed by atoms with E-state index in [0.29, 0.717) is 6.42 Å². The molecule has 0 aromatic heterocycles. The quantitative estimate of drug-likeness (QED) is 0.0731. The second kappa shape index (κ2) is 23.2. The van der Waals surface area contributed by atoms with E-state index in [1.54, 1.807) is 20.8 Å². The standard InChI is InChI=1S/C34H58N2O12S/c1-9-10-11-12-13-14-15-16-17-18-19-26(35-32(41)48-34(6,7)8)20-43-33(49)36-31-30(46-25(5)40)29(45-24(4)39)28(44-23(3)38)27(47-31)21-42-22(2)37/h26-31H,9-21H2,1-8H3,(H,35,41)(H,36,49)/t26-,27-,28-,29+,30-,31-/m1/s1. The van der Waals surface area contributed by atoms with Gasteiger partial charge < -0.3 is 43.8 Å². The molecule has 6 atom stereocenters. The zero-order valence-electron chi connectivity index (χ0n) is 30.5. The first-order chi connectivity index (χ1) is 23.0. The highest BCUT2D eigenvalue weighted by Crippen LogP contribution is 2.28. The maximum absolute atomic E-state index is 12.6. The maximum Gasteiger partial charge on any atom is 0.407 e. The number of unbranched alkanes of at least 4 members (excludes halogenated alkanes) is 9. The summed E-state index contributed by atoms with van der Waals surface area (Å²) in [7, 11) is 0. The fourth-order valence-electron chi connectivity index (χ4n) is 5.23. The Labute approximate surface area is 296 Å². The van der Waals surface area contributed by atoms with Crippen LogP contribution in [0.2, 0.25) is 0 Å². The number of esters is 4. The normalized spacial score (nSPS) is 21.0. The summed E-state index contributed by atoms with van der Waals surface area (Å²) in [6.07, 6.45) is 5.21. The molecule has 0 aromatic carbocycles. The third-order valence-electron chi connectivity index (χ3n) is 7.29. The molecule has 2 N–H and O–H groups in total. The molecule has 0 bridgehead atoms. The van der Waals surface area contributed by atoms with Crippen LogP contribution in [0.4, 0.5) is 4.79 Å². The highest BCUT2D eigenvalue weighted by molar-refractivity contribution is 7.80. The zero-order valence-corrected chi connectivity index (χ0v) is 31.3. The van der Waals surface area contributed by atoms with Gasteiger partial charge in [-0.15, -0.1) is 0 Å². The molecule has 0 saturated carbocycles. The molecule has 1 aliphatic rings. The average molecular weight is 719 g/mol. The number of amides is 1. The Hall–Kier alpha value is -3.20. The lowest BCUT2D eigenvalue weighted by molar-refractivity contribution is -0.255. The lowest BCUT2D eigenvalue weighted by atomic mass is 9.97. The first-order valence-corrected chi connectivity index (χ1v) is 17.7. The van der Waals surface area contributed by atoms with Crippen molar-refractivity contribution in [3.05, 3.63) is 0 Å². The van der Waals surface area contributed by atoms with Crippen molar-refractivity contribution in [2.75, 3.05) is 13.2 Å². The number of hydrogen-bond donors (Lipinski definition) is 2. The van der Waals surface area contributed by atoms with Crippen LogP contribution in [0, 0.1) is 0 Å². The lowest BCUT2D eigenvalue weighted by Gasteiger charge is -2.44. The molecule has 1 fully saturated rings. The molecular weight excluding hydrogens is 660 g/mol. The van der Waals surface area contributed by atoms with Gasteiger partial charge in [0.2, 0.25) is 0 Å². The molecule has 0 unspecified atom stereocenters. The smallest absolute Gasteiger partial charge is 0.407 e. The minimum absolute atomic E-state index is 0.0201. The van der Waals surface area contributed by atoms with Crippen molar-refractivity contribution in [1.82, 2.24) is 10.6 Å². The van der Waals surface area contributed by atoms with E-state index in [-0.39, 0.29) is 18.4 Å². The number of nitrogens with one attached hydrogen (secondary N) is 2. The summed E-state index contributed by atoms with van der Waals surface area (Å²) in [5.74, 6) is -2.88. The fourth-order valence-corrected chi connectivity index (χ4v) is 5.41. The first kappa shape index (κ1) is 43.8. The van der Waals surface area contributed by atoms with Crippen LogP contribution in [0.15, 0.2) is 0 Å². The Kier molecular flexibility index (Phi) is 20.8. The van der Waals surface area contributed by atoms with Crippen molar-refractivity contribution in [1.29, 1.82) is 0 Å². The van der Waals surface area contributed by atoms with E-state index in [2.05, 4.69) is 17.6 Å². The van der Waals surface area contributed by atoms with Crippen LogP contribution in [0.25, 0.3) is 0 Å². The van der Waals surface area contributed by atoms with Gasteiger partial charge in [0.15, 0.2) is 24.5 Å². The topological polar surface area (TPSA) is 174 Å². The number of carbonyl (C=O) groups is 5. The largest absolute Gasteiger partial charge is 0.469 e. The molecule has 1 saturated heterocycles. The van der Waals surface area contributed by atoms with Gasteiger partial charge in [-0.1, -0.05) is 71.1 Å². The summed E-state index contributed by atoms with van der Waals surface area (Å²) in [5, 5.41) is 5.49. The molecule has 1 heterocycles. The molecule has 0 spiro atoms. The predicted octanol–water partition coefficient (Wildman–Crippen LogP) is 5.16. The summed E-state index contributed by atoms with van der Waals surface area (Å²) >= 11 is 5.44. The Balaban J connectivity index is 3.00. The van der Waals surface area contributed by atoms with E-state index >= 15 is 0 Å². The van der Waals surface area contributed by atoms with Gasteiger partial charge >= 0.3 is 30.0 Å². The third kappa shape index (κ3) is 20.2. The Morgan fingerprint density at radius 3 is 1.73 bits per heavy atom. The minimum atomic E-state index is -1.36. The molecule has 15 heteroatoms. The zero-order chi connectivity index (χ0) is 37.0. The van der Waals surface area contributed by atoms with Crippen molar-refractivity contribution in [2.24, 2.45) is 0 Å². The number of carbonyl (C=O) groups excluding carboxylic acids is 5. The number of hydrogen-bond acceptors (Lipinski definition) is 13. The lowest BCUT2D eigenvalue weighted by Crippen LogP contribution is -2.66. The van der Waals surface area contributed by atoms with Crippen molar-refractivity contribution in [3.8, 4) is 0 Å². The van der Waals surface area contributed by atoms with Gasteiger partial charge in [0.1, 0.15) is 24.9 Å². The van der Waals surface area contributed by atoms with Gasteiger partial charge in [0.25, 0.3) is 5.17 Å². The van der Waals surface area contributed by atoms with Crippen LogP contribution in [-0.4, -0.2) is 90.6 Å². The highest BCUT2D eigenvalue weighted by atomic mass is 32.1. The van der Waals surface area contributed by atoms with E-state index in [9.17, 15) is 24.0 Å². The summed E-state index contributed by atoms with van der Waals surface area (Å²) in [6, 6.07) is -0.445.